The minimum Gasteiger partial charge on any atom is -0.307 e. The molecule has 1 aromatic carbocycles. The third kappa shape index (κ3) is 2.23. The van der Waals surface area contributed by atoms with E-state index in [0.717, 1.165) is 0 Å². The van der Waals surface area contributed by atoms with Crippen LogP contribution in [0.1, 0.15) is 44.4 Å². The number of rotatable bonds is 3. The second kappa shape index (κ2) is 3.64. The summed E-state index contributed by atoms with van der Waals surface area (Å²) in [6.45, 7) is 9.10. The Morgan fingerprint density at radius 1 is 1.33 bits per heavy atom. The van der Waals surface area contributed by atoms with Crippen molar-refractivity contribution in [1.29, 1.82) is 0 Å². The molecular formula is C14H21N. The summed E-state index contributed by atoms with van der Waals surface area (Å²) < 4.78 is 0. The van der Waals surface area contributed by atoms with Crippen LogP contribution in [0.25, 0.3) is 0 Å². The molecular weight excluding hydrogens is 182 g/mol. The van der Waals surface area contributed by atoms with E-state index in [9.17, 15) is 0 Å². The summed E-state index contributed by atoms with van der Waals surface area (Å²) >= 11 is 0. The highest BCUT2D eigenvalue weighted by atomic mass is 15.0. The zero-order chi connectivity index (χ0) is 11.1. The fourth-order valence-corrected chi connectivity index (χ4v) is 2.22. The SMILES string of the molecule is Cc1ccccc1C(C)NC1CC1(C)C. The molecule has 0 aliphatic heterocycles. The Morgan fingerprint density at radius 2 is 1.93 bits per heavy atom. The summed E-state index contributed by atoms with van der Waals surface area (Å²) in [6, 6.07) is 9.81. The molecule has 82 valence electrons. The van der Waals surface area contributed by atoms with Crippen molar-refractivity contribution in [2.75, 3.05) is 0 Å². The van der Waals surface area contributed by atoms with E-state index in [0.29, 0.717) is 17.5 Å². The lowest BCUT2D eigenvalue weighted by Gasteiger charge is -2.17. The second-order valence-corrected chi connectivity index (χ2v) is 5.49. The van der Waals surface area contributed by atoms with E-state index >= 15 is 0 Å². The molecule has 1 N–H and O–H groups in total. The summed E-state index contributed by atoms with van der Waals surface area (Å²) in [6.07, 6.45) is 1.31. The van der Waals surface area contributed by atoms with Gasteiger partial charge in [-0.2, -0.15) is 0 Å². The van der Waals surface area contributed by atoms with Gasteiger partial charge in [0.15, 0.2) is 0 Å². The van der Waals surface area contributed by atoms with Crippen molar-refractivity contribution < 1.29 is 0 Å². The van der Waals surface area contributed by atoms with E-state index in [-0.39, 0.29) is 0 Å². The maximum absolute atomic E-state index is 3.70. The van der Waals surface area contributed by atoms with Crippen LogP contribution in [0.5, 0.6) is 0 Å². The van der Waals surface area contributed by atoms with Crippen LogP contribution in [0.2, 0.25) is 0 Å². The van der Waals surface area contributed by atoms with E-state index in [1.165, 1.54) is 17.5 Å². The van der Waals surface area contributed by atoms with E-state index < -0.39 is 0 Å². The highest BCUT2D eigenvalue weighted by Gasteiger charge is 2.45. The summed E-state index contributed by atoms with van der Waals surface area (Å²) in [4.78, 5) is 0. The van der Waals surface area contributed by atoms with Gasteiger partial charge in [-0.05, 0) is 36.8 Å². The maximum Gasteiger partial charge on any atom is 0.0297 e. The Bertz CT molecular complexity index is 354. The second-order valence-electron chi connectivity index (χ2n) is 5.49. The number of hydrogen-bond acceptors (Lipinski definition) is 1. The number of nitrogens with one attached hydrogen (secondary N) is 1. The predicted octanol–water partition coefficient (Wildman–Crippen LogP) is 3.44. The molecule has 0 aromatic heterocycles. The Balaban J connectivity index is 2.03. The summed E-state index contributed by atoms with van der Waals surface area (Å²) in [5.41, 5.74) is 3.33. The van der Waals surface area contributed by atoms with Crippen molar-refractivity contribution in [2.45, 2.75) is 46.2 Å². The molecule has 1 aliphatic rings. The molecule has 0 radical (unpaired) electrons. The molecule has 1 saturated carbocycles. The molecule has 0 bridgehead atoms. The van der Waals surface area contributed by atoms with Gasteiger partial charge >= 0.3 is 0 Å². The standard InChI is InChI=1S/C14H21N/c1-10-7-5-6-8-12(10)11(2)15-13-9-14(13,3)4/h5-8,11,13,15H,9H2,1-4H3. The third-order valence-electron chi connectivity index (χ3n) is 3.62. The molecule has 2 atom stereocenters. The molecule has 1 aromatic rings. The van der Waals surface area contributed by atoms with Gasteiger partial charge in [0, 0.05) is 12.1 Å². The first-order valence-corrected chi connectivity index (χ1v) is 5.82. The van der Waals surface area contributed by atoms with E-state index in [1.807, 2.05) is 0 Å². The van der Waals surface area contributed by atoms with Crippen molar-refractivity contribution in [3.63, 3.8) is 0 Å². The van der Waals surface area contributed by atoms with Crippen LogP contribution in [-0.4, -0.2) is 6.04 Å². The number of aryl methyl sites for hydroxylation is 1. The Kier molecular flexibility index (Phi) is 2.59. The average molecular weight is 203 g/mol. The van der Waals surface area contributed by atoms with Gasteiger partial charge in [-0.3, -0.25) is 0 Å². The minimum atomic E-state index is 0.470. The molecule has 2 rings (SSSR count). The monoisotopic (exact) mass is 203 g/mol. The van der Waals surface area contributed by atoms with Crippen LogP contribution in [0, 0.1) is 12.3 Å². The van der Waals surface area contributed by atoms with Crippen molar-refractivity contribution >= 4 is 0 Å². The third-order valence-corrected chi connectivity index (χ3v) is 3.62. The van der Waals surface area contributed by atoms with E-state index in [4.69, 9.17) is 0 Å². The average Bonchev–Trinajstić information content (AvgIpc) is 2.74. The van der Waals surface area contributed by atoms with E-state index in [2.05, 4.69) is 57.3 Å². The largest absolute Gasteiger partial charge is 0.307 e. The van der Waals surface area contributed by atoms with Gasteiger partial charge in [0.2, 0.25) is 0 Å². The first-order valence-electron chi connectivity index (χ1n) is 5.82. The lowest BCUT2D eigenvalue weighted by atomic mass is 10.0. The minimum absolute atomic E-state index is 0.470. The molecule has 0 saturated heterocycles. The molecule has 0 spiro atoms. The quantitative estimate of drug-likeness (QED) is 0.793. The van der Waals surface area contributed by atoms with Crippen molar-refractivity contribution in [2.24, 2.45) is 5.41 Å². The fraction of sp³-hybridized carbons (Fsp3) is 0.571. The lowest BCUT2D eigenvalue weighted by Crippen LogP contribution is -2.24. The molecule has 0 amide bonds. The summed E-state index contributed by atoms with van der Waals surface area (Å²) in [5.74, 6) is 0. The Labute approximate surface area is 92.9 Å². The van der Waals surface area contributed by atoms with Crippen molar-refractivity contribution in [3.8, 4) is 0 Å². The van der Waals surface area contributed by atoms with Crippen molar-refractivity contribution in [3.05, 3.63) is 35.4 Å². The van der Waals surface area contributed by atoms with Gasteiger partial charge in [0.25, 0.3) is 0 Å². The van der Waals surface area contributed by atoms with Crippen LogP contribution < -0.4 is 5.32 Å². The molecule has 1 aliphatic carbocycles. The summed E-state index contributed by atoms with van der Waals surface area (Å²) in [5, 5.41) is 3.70. The zero-order valence-corrected chi connectivity index (χ0v) is 10.2. The molecule has 1 nitrogen and oxygen atoms in total. The van der Waals surface area contributed by atoms with Crippen LogP contribution in [0.4, 0.5) is 0 Å². The van der Waals surface area contributed by atoms with Gasteiger partial charge in [-0.15, -0.1) is 0 Å². The van der Waals surface area contributed by atoms with E-state index in [1.54, 1.807) is 0 Å². The normalized spacial score (nSPS) is 24.9. The number of hydrogen-bond donors (Lipinski definition) is 1. The first-order chi connectivity index (χ1) is 7.00. The van der Waals surface area contributed by atoms with Gasteiger partial charge in [0.1, 0.15) is 0 Å². The maximum atomic E-state index is 3.70. The Hall–Kier alpha value is -0.820. The summed E-state index contributed by atoms with van der Waals surface area (Å²) in [7, 11) is 0. The van der Waals surface area contributed by atoms with Gasteiger partial charge < -0.3 is 5.32 Å². The van der Waals surface area contributed by atoms with Gasteiger partial charge in [-0.25, -0.2) is 0 Å². The van der Waals surface area contributed by atoms with Gasteiger partial charge in [0.05, 0.1) is 0 Å². The van der Waals surface area contributed by atoms with Crippen LogP contribution in [-0.2, 0) is 0 Å². The highest BCUT2D eigenvalue weighted by Crippen LogP contribution is 2.45. The van der Waals surface area contributed by atoms with Gasteiger partial charge in [-0.1, -0.05) is 38.1 Å². The molecule has 1 fully saturated rings. The fourth-order valence-electron chi connectivity index (χ4n) is 2.22. The van der Waals surface area contributed by atoms with Crippen LogP contribution in [0.15, 0.2) is 24.3 Å². The lowest BCUT2D eigenvalue weighted by molar-refractivity contribution is 0.491. The topological polar surface area (TPSA) is 12.0 Å². The first kappa shape index (κ1) is 10.7. The van der Waals surface area contributed by atoms with Crippen LogP contribution in [0.3, 0.4) is 0 Å². The molecule has 15 heavy (non-hydrogen) atoms. The molecule has 1 heteroatoms. The highest BCUT2D eigenvalue weighted by molar-refractivity contribution is 5.28. The van der Waals surface area contributed by atoms with Crippen LogP contribution >= 0.6 is 0 Å². The Morgan fingerprint density at radius 3 is 2.47 bits per heavy atom. The molecule has 2 unspecified atom stereocenters. The smallest absolute Gasteiger partial charge is 0.0297 e. The number of benzene rings is 1. The zero-order valence-electron chi connectivity index (χ0n) is 10.2. The van der Waals surface area contributed by atoms with Crippen molar-refractivity contribution in [1.82, 2.24) is 5.32 Å². The molecule has 0 heterocycles. The predicted molar refractivity (Wildman–Crippen MR) is 64.9 cm³/mol.